The molecule has 9 nitrogen and oxygen atoms in total. The van der Waals surface area contributed by atoms with E-state index in [1.807, 2.05) is 30.5 Å². The Hall–Kier alpha value is -2.95. The minimum Gasteiger partial charge on any atom is -0.368 e. The van der Waals surface area contributed by atoms with Gasteiger partial charge in [0.1, 0.15) is 0 Å². The van der Waals surface area contributed by atoms with Gasteiger partial charge in [-0.25, -0.2) is 0 Å². The highest BCUT2D eigenvalue weighted by molar-refractivity contribution is 7.17. The van der Waals surface area contributed by atoms with Crippen LogP contribution in [0.2, 0.25) is 5.02 Å². The number of hydrogen-bond acceptors (Lipinski definition) is 9. The topological polar surface area (TPSA) is 101 Å². The molecule has 192 valence electrons. The second-order valence-corrected chi connectivity index (χ2v) is 11.9. The van der Waals surface area contributed by atoms with E-state index in [4.69, 9.17) is 17.3 Å². The third-order valence-corrected chi connectivity index (χ3v) is 9.63. The fraction of sp³-hybridized carbons (Fsp3) is 0.462. The van der Waals surface area contributed by atoms with E-state index in [2.05, 4.69) is 41.5 Å². The van der Waals surface area contributed by atoms with Crippen LogP contribution in [0.5, 0.6) is 0 Å². The standard InChI is InChI=1S/C26H30ClN9S/c1-15-19-6-11-37-23(19)24(32-31-15)36-25(28)30-26(33-36)29-18-4-5-21(20(27)14-18)34-7-9-35(10-8-34)22-13-16-2-3-17(22)12-16/h4-6,11,14,16-17,22H,2-3,7-10,12-13H2,1H3,(H3,28,29,30,33)/t16?,17?,22-/m0/s1. The fourth-order valence-electron chi connectivity index (χ4n) is 6.58. The number of anilines is 4. The highest BCUT2D eigenvalue weighted by Gasteiger charge is 2.42. The van der Waals surface area contributed by atoms with E-state index in [1.54, 1.807) is 11.3 Å². The lowest BCUT2D eigenvalue weighted by atomic mass is 9.93. The van der Waals surface area contributed by atoms with Crippen molar-refractivity contribution in [1.29, 1.82) is 0 Å². The Balaban J connectivity index is 1.04. The molecule has 2 saturated carbocycles. The summed E-state index contributed by atoms with van der Waals surface area (Å²) in [5.41, 5.74) is 8.96. The highest BCUT2D eigenvalue weighted by atomic mass is 35.5. The summed E-state index contributed by atoms with van der Waals surface area (Å²) >= 11 is 8.34. The molecule has 4 aromatic rings. The van der Waals surface area contributed by atoms with Crippen LogP contribution in [-0.2, 0) is 0 Å². The summed E-state index contributed by atoms with van der Waals surface area (Å²) in [7, 11) is 0. The molecule has 1 aromatic carbocycles. The van der Waals surface area contributed by atoms with Crippen molar-refractivity contribution in [2.45, 2.75) is 38.6 Å². The Morgan fingerprint density at radius 1 is 1.08 bits per heavy atom. The number of nitrogens with zero attached hydrogens (tertiary/aromatic N) is 7. The van der Waals surface area contributed by atoms with Gasteiger partial charge < -0.3 is 16.0 Å². The number of rotatable bonds is 5. The number of nitrogens with one attached hydrogen (secondary N) is 1. The van der Waals surface area contributed by atoms with Crippen molar-refractivity contribution in [2.75, 3.05) is 42.1 Å². The first-order valence-electron chi connectivity index (χ1n) is 13.0. The molecule has 7 rings (SSSR count). The Morgan fingerprint density at radius 2 is 1.95 bits per heavy atom. The van der Waals surface area contributed by atoms with E-state index < -0.39 is 0 Å². The molecule has 3 aromatic heterocycles. The number of piperazine rings is 1. The third kappa shape index (κ3) is 4.11. The number of aryl methyl sites for hydroxylation is 1. The Labute approximate surface area is 224 Å². The van der Waals surface area contributed by atoms with Crippen molar-refractivity contribution in [2.24, 2.45) is 11.8 Å². The van der Waals surface area contributed by atoms with Gasteiger partial charge in [0.25, 0.3) is 0 Å². The predicted molar refractivity (Wildman–Crippen MR) is 149 cm³/mol. The van der Waals surface area contributed by atoms with Crippen LogP contribution in [-0.4, -0.2) is 62.1 Å². The summed E-state index contributed by atoms with van der Waals surface area (Å²) in [5.74, 6) is 3.12. The molecule has 3 N–H and O–H groups in total. The van der Waals surface area contributed by atoms with Gasteiger partial charge in [0.2, 0.25) is 11.9 Å². The van der Waals surface area contributed by atoms with Crippen molar-refractivity contribution in [3.8, 4) is 5.82 Å². The van der Waals surface area contributed by atoms with E-state index >= 15 is 0 Å². The highest BCUT2D eigenvalue weighted by Crippen LogP contribution is 2.47. The van der Waals surface area contributed by atoms with Crippen molar-refractivity contribution in [3.63, 3.8) is 0 Å². The maximum Gasteiger partial charge on any atom is 0.248 e. The van der Waals surface area contributed by atoms with E-state index in [0.29, 0.717) is 11.8 Å². The van der Waals surface area contributed by atoms with Crippen LogP contribution in [0.15, 0.2) is 29.6 Å². The first-order valence-corrected chi connectivity index (χ1v) is 14.3. The van der Waals surface area contributed by atoms with Crippen LogP contribution >= 0.6 is 22.9 Å². The molecule has 1 aliphatic heterocycles. The van der Waals surface area contributed by atoms with Crippen molar-refractivity contribution in [1.82, 2.24) is 29.9 Å². The van der Waals surface area contributed by atoms with Gasteiger partial charge in [-0.1, -0.05) is 18.0 Å². The largest absolute Gasteiger partial charge is 0.368 e. The van der Waals surface area contributed by atoms with E-state index in [9.17, 15) is 0 Å². The monoisotopic (exact) mass is 535 g/mol. The molecule has 0 amide bonds. The first-order chi connectivity index (χ1) is 18.0. The smallest absolute Gasteiger partial charge is 0.248 e. The summed E-state index contributed by atoms with van der Waals surface area (Å²) in [6, 6.07) is 8.87. The average Bonchev–Trinajstić information content (AvgIpc) is 3.70. The molecule has 37 heavy (non-hydrogen) atoms. The molecular weight excluding hydrogens is 506 g/mol. The lowest BCUT2D eigenvalue weighted by molar-refractivity contribution is 0.135. The van der Waals surface area contributed by atoms with Crippen LogP contribution in [0.25, 0.3) is 15.9 Å². The quantitative estimate of drug-likeness (QED) is 0.373. The fourth-order valence-corrected chi connectivity index (χ4v) is 7.80. The number of thiophene rings is 1. The number of fused-ring (bicyclic) bond motifs is 3. The van der Waals surface area contributed by atoms with Crippen LogP contribution < -0.4 is 16.0 Å². The zero-order valence-corrected chi connectivity index (χ0v) is 22.3. The van der Waals surface area contributed by atoms with Gasteiger partial charge in [-0.15, -0.1) is 21.5 Å². The maximum atomic E-state index is 6.76. The van der Waals surface area contributed by atoms with Gasteiger partial charge in [0, 0.05) is 43.3 Å². The molecule has 3 aliphatic rings. The molecule has 0 spiro atoms. The number of nitrogens with two attached hydrogens (primary N) is 1. The van der Waals surface area contributed by atoms with E-state index in [0.717, 1.165) is 76.2 Å². The summed E-state index contributed by atoms with van der Waals surface area (Å²) < 4.78 is 2.50. The van der Waals surface area contributed by atoms with Crippen LogP contribution in [0.1, 0.15) is 31.4 Å². The molecule has 4 heterocycles. The number of halogens is 1. The lowest BCUT2D eigenvalue weighted by Gasteiger charge is -2.42. The molecule has 0 radical (unpaired) electrons. The van der Waals surface area contributed by atoms with Crippen LogP contribution in [0, 0.1) is 18.8 Å². The Bertz CT molecular complexity index is 1460. The van der Waals surface area contributed by atoms with E-state index in [-0.39, 0.29) is 5.95 Å². The average molecular weight is 536 g/mol. The van der Waals surface area contributed by atoms with Gasteiger partial charge in [0.05, 0.1) is 21.1 Å². The zero-order valence-electron chi connectivity index (χ0n) is 20.8. The maximum absolute atomic E-state index is 6.76. The molecule has 3 atom stereocenters. The minimum absolute atomic E-state index is 0.242. The number of aromatic nitrogens is 5. The molecule has 2 unspecified atom stereocenters. The van der Waals surface area contributed by atoms with Crippen molar-refractivity contribution < 1.29 is 0 Å². The summed E-state index contributed by atoms with van der Waals surface area (Å²) in [5, 5.41) is 20.2. The number of benzene rings is 1. The first kappa shape index (κ1) is 23.2. The van der Waals surface area contributed by atoms with E-state index in [1.165, 1.54) is 30.4 Å². The molecule has 11 heteroatoms. The van der Waals surface area contributed by atoms with Crippen molar-refractivity contribution in [3.05, 3.63) is 40.4 Å². The third-order valence-electron chi connectivity index (χ3n) is 8.41. The molecule has 3 fully saturated rings. The van der Waals surface area contributed by atoms with Gasteiger partial charge in [-0.2, -0.15) is 14.8 Å². The number of hydrogen-bond donors (Lipinski definition) is 2. The second kappa shape index (κ2) is 9.11. The second-order valence-electron chi connectivity index (χ2n) is 10.5. The number of nitrogen functional groups attached to an aromatic ring is 1. The SMILES string of the molecule is Cc1nnc(-n2nc(Nc3ccc(N4CCN([C@H]5CC6CCC5C6)CC4)c(Cl)c3)nc2N)c2sccc12. The van der Waals surface area contributed by atoms with Crippen LogP contribution in [0.4, 0.5) is 23.3 Å². The normalized spacial score (nSPS) is 23.8. The van der Waals surface area contributed by atoms with Gasteiger partial charge >= 0.3 is 0 Å². The van der Waals surface area contributed by atoms with Gasteiger partial charge in [-0.05, 0) is 67.7 Å². The summed E-state index contributed by atoms with van der Waals surface area (Å²) in [6.07, 6.45) is 5.76. The summed E-state index contributed by atoms with van der Waals surface area (Å²) in [4.78, 5) is 9.54. The van der Waals surface area contributed by atoms with Crippen LogP contribution in [0.3, 0.4) is 0 Å². The Morgan fingerprint density at radius 3 is 2.70 bits per heavy atom. The Kier molecular flexibility index (Phi) is 5.71. The van der Waals surface area contributed by atoms with Gasteiger partial charge in [0.15, 0.2) is 5.82 Å². The van der Waals surface area contributed by atoms with Gasteiger partial charge in [-0.3, -0.25) is 4.90 Å². The van der Waals surface area contributed by atoms with Crippen molar-refractivity contribution >= 4 is 56.3 Å². The summed E-state index contributed by atoms with van der Waals surface area (Å²) in [6.45, 7) is 6.19. The molecule has 1 saturated heterocycles. The molecular formula is C26H30ClN9S. The zero-order chi connectivity index (χ0) is 25.1. The lowest BCUT2D eigenvalue weighted by Crippen LogP contribution is -2.51. The minimum atomic E-state index is 0.242. The molecule has 2 aliphatic carbocycles. The molecule has 2 bridgehead atoms. The predicted octanol–water partition coefficient (Wildman–Crippen LogP) is 4.87.